The lowest BCUT2D eigenvalue weighted by molar-refractivity contribution is 0.0383. The van der Waals surface area contributed by atoms with Crippen molar-refractivity contribution < 1.29 is 17.9 Å². The number of carbonyl (C=O) groups is 1. The first-order valence-electron chi connectivity index (χ1n) is 11.1. The highest BCUT2D eigenvalue weighted by atomic mass is 32.2. The first-order valence-corrected chi connectivity index (χ1v) is 13.4. The number of carbonyl (C=O) groups excluding carboxylic acids is 1. The van der Waals surface area contributed by atoms with Crippen molar-refractivity contribution >= 4 is 54.7 Å². The average molecular weight is 511 g/mol. The molecule has 2 aromatic heterocycles. The number of esters is 1. The second-order valence-corrected chi connectivity index (χ2v) is 10.9. The van der Waals surface area contributed by atoms with Gasteiger partial charge in [-0.15, -0.1) is 11.3 Å². The van der Waals surface area contributed by atoms with Crippen molar-refractivity contribution in [3.63, 3.8) is 0 Å². The molecule has 0 spiro atoms. The Kier molecular flexibility index (Phi) is 7.04. The van der Waals surface area contributed by atoms with Gasteiger partial charge in [0.05, 0.1) is 22.9 Å². The average Bonchev–Trinajstić information content (AvgIpc) is 3.17. The number of rotatable bonds is 8. The zero-order chi connectivity index (χ0) is 25.2. The van der Waals surface area contributed by atoms with Crippen LogP contribution in [0.2, 0.25) is 0 Å². The lowest BCUT2D eigenvalue weighted by Crippen LogP contribution is -2.31. The third kappa shape index (κ3) is 4.85. The normalized spacial score (nSPS) is 11.6. The van der Waals surface area contributed by atoms with Gasteiger partial charge in [-0.2, -0.15) is 0 Å². The molecule has 2 heterocycles. The summed E-state index contributed by atoms with van der Waals surface area (Å²) >= 11 is 1.22. The van der Waals surface area contributed by atoms with E-state index in [1.807, 2.05) is 6.07 Å². The first-order chi connectivity index (χ1) is 16.7. The van der Waals surface area contributed by atoms with Gasteiger partial charge in [-0.05, 0) is 57.5 Å². The smallest absolute Gasteiger partial charge is 0.348 e. The molecule has 0 aliphatic carbocycles. The maximum Gasteiger partial charge on any atom is 0.348 e. The molecule has 182 valence electrons. The minimum Gasteiger partial charge on any atom is -0.459 e. The number of thiophene rings is 1. The summed E-state index contributed by atoms with van der Waals surface area (Å²) in [5, 5.41) is 3.83. The summed E-state index contributed by atoms with van der Waals surface area (Å²) in [4.78, 5) is 22.4. The van der Waals surface area contributed by atoms with Crippen LogP contribution < -0.4 is 9.62 Å². The maximum atomic E-state index is 13.7. The highest BCUT2D eigenvalue weighted by Crippen LogP contribution is 2.36. The van der Waals surface area contributed by atoms with E-state index in [4.69, 9.17) is 4.74 Å². The van der Waals surface area contributed by atoms with Gasteiger partial charge >= 0.3 is 5.97 Å². The molecule has 1 N–H and O–H groups in total. The van der Waals surface area contributed by atoms with Crippen LogP contribution in [0.5, 0.6) is 0 Å². The van der Waals surface area contributed by atoms with E-state index in [0.29, 0.717) is 37.8 Å². The van der Waals surface area contributed by atoms with Gasteiger partial charge in [-0.1, -0.05) is 30.3 Å². The topological polar surface area (TPSA) is 101 Å². The molecule has 0 saturated carbocycles. The van der Waals surface area contributed by atoms with Gasteiger partial charge in [0.15, 0.2) is 0 Å². The zero-order valence-electron chi connectivity index (χ0n) is 19.8. The second kappa shape index (κ2) is 10.0. The summed E-state index contributed by atoms with van der Waals surface area (Å²) in [5.74, 6) is -0.00590. The number of para-hydroxylation sites is 2. The summed E-state index contributed by atoms with van der Waals surface area (Å²) in [6, 6.07) is 15.7. The highest BCUT2D eigenvalue weighted by molar-refractivity contribution is 7.93. The Balaban J connectivity index is 1.77. The van der Waals surface area contributed by atoms with Crippen LogP contribution in [0.25, 0.3) is 10.2 Å². The molecule has 10 heteroatoms. The molecule has 0 aliphatic rings. The summed E-state index contributed by atoms with van der Waals surface area (Å²) in [6.07, 6.45) is 1.14. The van der Waals surface area contributed by atoms with E-state index in [1.165, 1.54) is 22.0 Å². The maximum absolute atomic E-state index is 13.7. The van der Waals surface area contributed by atoms with Gasteiger partial charge in [0.1, 0.15) is 26.7 Å². The molecule has 0 fully saturated rings. The van der Waals surface area contributed by atoms with Crippen molar-refractivity contribution in [3.05, 3.63) is 71.4 Å². The fourth-order valence-corrected chi connectivity index (χ4v) is 6.41. The van der Waals surface area contributed by atoms with E-state index in [9.17, 15) is 13.2 Å². The Morgan fingerprint density at radius 1 is 1.09 bits per heavy atom. The third-order valence-electron chi connectivity index (χ3n) is 5.29. The lowest BCUT2D eigenvalue weighted by Gasteiger charge is -2.24. The molecule has 0 unspecified atom stereocenters. The molecule has 0 bridgehead atoms. The standard InChI is InChI=1S/C25H26N4O4S2/c1-5-29(18-11-7-6-8-12-18)35(31,32)20-14-10-9-13-19(20)28-23-21-17(4)22(25(30)33-16(2)3)34-24(21)27-15-26-23/h6-16H,5H2,1-4H3,(H,26,27,28). The molecule has 2 aromatic carbocycles. The Morgan fingerprint density at radius 2 is 1.77 bits per heavy atom. The van der Waals surface area contributed by atoms with E-state index < -0.39 is 16.0 Å². The number of ether oxygens (including phenoxy) is 1. The summed E-state index contributed by atoms with van der Waals surface area (Å²) in [7, 11) is -3.88. The first kappa shape index (κ1) is 24.6. The van der Waals surface area contributed by atoms with Crippen molar-refractivity contribution in [1.82, 2.24) is 9.97 Å². The van der Waals surface area contributed by atoms with E-state index in [2.05, 4.69) is 15.3 Å². The predicted molar refractivity (Wildman–Crippen MR) is 139 cm³/mol. The molecule has 0 aliphatic heterocycles. The molecule has 0 atom stereocenters. The molecular weight excluding hydrogens is 484 g/mol. The number of aromatic nitrogens is 2. The van der Waals surface area contributed by atoms with Crippen LogP contribution in [0.15, 0.2) is 65.8 Å². The number of anilines is 3. The second-order valence-electron chi connectivity index (χ2n) is 8.04. The predicted octanol–water partition coefficient (Wildman–Crippen LogP) is 5.52. The number of fused-ring (bicyclic) bond motifs is 1. The number of nitrogens with zero attached hydrogens (tertiary/aromatic N) is 3. The molecule has 8 nitrogen and oxygen atoms in total. The number of hydrogen-bond acceptors (Lipinski definition) is 8. The zero-order valence-corrected chi connectivity index (χ0v) is 21.5. The molecule has 4 rings (SSSR count). The van der Waals surface area contributed by atoms with Gasteiger partial charge in [-0.25, -0.2) is 23.2 Å². The van der Waals surface area contributed by atoms with Crippen molar-refractivity contribution in [3.8, 4) is 0 Å². The lowest BCUT2D eigenvalue weighted by atomic mass is 10.2. The van der Waals surface area contributed by atoms with Gasteiger partial charge in [-0.3, -0.25) is 4.31 Å². The quantitative estimate of drug-likeness (QED) is 0.311. The fraction of sp³-hybridized carbons (Fsp3) is 0.240. The molecule has 0 saturated heterocycles. The number of nitrogens with one attached hydrogen (secondary N) is 1. The SMILES string of the molecule is CCN(c1ccccc1)S(=O)(=O)c1ccccc1Nc1ncnc2sc(C(=O)OC(C)C)c(C)c12. The molecule has 0 amide bonds. The Morgan fingerprint density at radius 3 is 2.46 bits per heavy atom. The molecule has 4 aromatic rings. The van der Waals surface area contributed by atoms with Gasteiger partial charge in [0.2, 0.25) is 0 Å². The third-order valence-corrected chi connectivity index (χ3v) is 8.44. The van der Waals surface area contributed by atoms with E-state index >= 15 is 0 Å². The van der Waals surface area contributed by atoms with Crippen molar-refractivity contribution in [2.24, 2.45) is 0 Å². The van der Waals surface area contributed by atoms with Crippen molar-refractivity contribution in [1.29, 1.82) is 0 Å². The Hall–Kier alpha value is -3.50. The fourth-order valence-electron chi connectivity index (χ4n) is 3.76. The monoisotopic (exact) mass is 510 g/mol. The summed E-state index contributed by atoms with van der Waals surface area (Å²) in [6.45, 7) is 7.45. The largest absolute Gasteiger partial charge is 0.459 e. The molecule has 35 heavy (non-hydrogen) atoms. The van der Waals surface area contributed by atoms with Crippen LogP contribution in [0.1, 0.15) is 36.0 Å². The van der Waals surface area contributed by atoms with Gasteiger partial charge in [0, 0.05) is 6.54 Å². The number of sulfonamides is 1. The molecule has 0 radical (unpaired) electrons. The van der Waals surface area contributed by atoms with Crippen molar-refractivity contribution in [2.45, 2.75) is 38.7 Å². The summed E-state index contributed by atoms with van der Waals surface area (Å²) in [5.41, 5.74) is 1.63. The van der Waals surface area contributed by atoms with E-state index in [1.54, 1.807) is 76.2 Å². The van der Waals surface area contributed by atoms with Crippen molar-refractivity contribution in [2.75, 3.05) is 16.2 Å². The van der Waals surface area contributed by atoms with Gasteiger partial charge in [0.25, 0.3) is 10.0 Å². The van der Waals surface area contributed by atoms with Crippen LogP contribution in [-0.2, 0) is 14.8 Å². The van der Waals surface area contributed by atoms with Gasteiger partial charge < -0.3 is 10.1 Å². The molecular formula is C25H26N4O4S2. The summed E-state index contributed by atoms with van der Waals surface area (Å²) < 4.78 is 34.1. The van der Waals surface area contributed by atoms with E-state index in [0.717, 1.165) is 0 Å². The Bertz CT molecular complexity index is 1470. The number of aryl methyl sites for hydroxylation is 1. The number of benzene rings is 2. The minimum absolute atomic E-state index is 0.116. The Labute approximate surface area is 208 Å². The van der Waals surface area contributed by atoms with Crippen LogP contribution in [0.4, 0.5) is 17.2 Å². The van der Waals surface area contributed by atoms with Crippen LogP contribution in [0.3, 0.4) is 0 Å². The van der Waals surface area contributed by atoms with Crippen LogP contribution in [0, 0.1) is 6.92 Å². The van der Waals surface area contributed by atoms with E-state index in [-0.39, 0.29) is 17.5 Å². The minimum atomic E-state index is -3.88. The highest BCUT2D eigenvalue weighted by Gasteiger charge is 2.27. The van der Waals surface area contributed by atoms with Crippen LogP contribution >= 0.6 is 11.3 Å². The van der Waals surface area contributed by atoms with Crippen LogP contribution in [-0.4, -0.2) is 37.0 Å². The number of hydrogen-bond donors (Lipinski definition) is 1.